The number of methoxy groups -OCH3 is 1. The van der Waals surface area contributed by atoms with Crippen LogP contribution in [0.3, 0.4) is 0 Å². The minimum absolute atomic E-state index is 0.0277. The highest BCUT2D eigenvalue weighted by Crippen LogP contribution is 2.26. The van der Waals surface area contributed by atoms with Crippen LogP contribution in [0.1, 0.15) is 19.4 Å². The van der Waals surface area contributed by atoms with Crippen LogP contribution in [-0.2, 0) is 27.4 Å². The lowest BCUT2D eigenvalue weighted by atomic mass is 9.99. The number of ether oxygens (including phenoxy) is 1. The summed E-state index contributed by atoms with van der Waals surface area (Å²) in [4.78, 5) is 4.33. The predicted molar refractivity (Wildman–Crippen MR) is 113 cm³/mol. The van der Waals surface area contributed by atoms with Gasteiger partial charge in [-0.1, -0.05) is 12.1 Å². The fourth-order valence-corrected chi connectivity index (χ4v) is 4.12. The number of pyridine rings is 1. The zero-order valence-electron chi connectivity index (χ0n) is 17.1. The molecule has 0 saturated heterocycles. The lowest BCUT2D eigenvalue weighted by Crippen LogP contribution is -2.20. The molecule has 0 aliphatic carbocycles. The van der Waals surface area contributed by atoms with Crippen LogP contribution in [0.15, 0.2) is 60.0 Å². The number of aryl methyl sites for hydroxylation is 1. The maximum absolute atomic E-state index is 13.0. The van der Waals surface area contributed by atoms with Crippen LogP contribution in [0.5, 0.6) is 0 Å². The molecule has 0 unspecified atom stereocenters. The molecule has 1 N–H and O–H groups in total. The number of rotatable bonds is 6. The largest absolute Gasteiger partial charge is 0.374 e. The number of para-hydroxylation sites is 1. The number of hydrogen-bond acceptors (Lipinski definition) is 6. The molecule has 0 saturated carbocycles. The van der Waals surface area contributed by atoms with Crippen molar-refractivity contribution in [2.45, 2.75) is 24.3 Å². The van der Waals surface area contributed by atoms with Crippen LogP contribution in [0.25, 0.3) is 16.7 Å². The number of fused-ring (bicyclic) bond motifs is 1. The van der Waals surface area contributed by atoms with Gasteiger partial charge in [0.25, 0.3) is 10.0 Å². The molecule has 3 heterocycles. The second-order valence-corrected chi connectivity index (χ2v) is 9.04. The van der Waals surface area contributed by atoms with E-state index in [4.69, 9.17) is 4.74 Å². The molecule has 1 aromatic carbocycles. The van der Waals surface area contributed by atoms with Crippen LogP contribution >= 0.6 is 0 Å². The first-order valence-corrected chi connectivity index (χ1v) is 10.7. The topological polar surface area (TPSA) is 104 Å². The standard InChI is InChI=1S/C20H22N6O3S/c1-20(2,29-4)15-8-9-21-18(10-15)26-13-16(12-23-26)30(27,28)24-17-7-5-6-14-11-22-25(3)19(14)17/h5-13,24H,1-4H3. The molecule has 0 spiro atoms. The Kier molecular flexibility index (Phi) is 4.83. The van der Waals surface area contributed by atoms with Crippen molar-refractivity contribution < 1.29 is 13.2 Å². The molecule has 0 aliphatic rings. The first kappa shape index (κ1) is 20.0. The predicted octanol–water partition coefficient (Wildman–Crippen LogP) is 2.84. The summed E-state index contributed by atoms with van der Waals surface area (Å²) in [5.41, 5.74) is 1.53. The Hall–Kier alpha value is -3.24. The third-order valence-electron chi connectivity index (χ3n) is 5.06. The highest BCUT2D eigenvalue weighted by atomic mass is 32.2. The van der Waals surface area contributed by atoms with Crippen molar-refractivity contribution in [3.05, 3.63) is 60.7 Å². The molecule has 0 aliphatic heterocycles. The number of benzene rings is 1. The van der Waals surface area contributed by atoms with Crippen LogP contribution in [0, 0.1) is 0 Å². The van der Waals surface area contributed by atoms with E-state index < -0.39 is 15.6 Å². The summed E-state index contributed by atoms with van der Waals surface area (Å²) in [6.45, 7) is 3.88. The monoisotopic (exact) mass is 426 g/mol. The van der Waals surface area contributed by atoms with Crippen LogP contribution < -0.4 is 4.72 Å². The minimum atomic E-state index is -3.86. The van der Waals surface area contributed by atoms with Gasteiger partial charge in [-0.3, -0.25) is 9.40 Å². The Balaban J connectivity index is 1.67. The number of sulfonamides is 1. The fraction of sp³-hybridized carbons (Fsp3) is 0.250. The fourth-order valence-electron chi connectivity index (χ4n) is 3.13. The highest BCUT2D eigenvalue weighted by molar-refractivity contribution is 7.92. The molecular weight excluding hydrogens is 404 g/mol. The van der Waals surface area contributed by atoms with E-state index in [9.17, 15) is 8.42 Å². The van der Waals surface area contributed by atoms with Gasteiger partial charge in [-0.15, -0.1) is 0 Å². The summed E-state index contributed by atoms with van der Waals surface area (Å²) in [5.74, 6) is 0.493. The number of nitrogens with zero attached hydrogens (tertiary/aromatic N) is 5. The minimum Gasteiger partial charge on any atom is -0.374 e. The van der Waals surface area contributed by atoms with Gasteiger partial charge in [0, 0.05) is 25.7 Å². The molecule has 3 aromatic heterocycles. The van der Waals surface area contributed by atoms with Crippen molar-refractivity contribution in [3.8, 4) is 5.82 Å². The summed E-state index contributed by atoms with van der Waals surface area (Å²) in [6, 6.07) is 9.02. The molecule has 0 bridgehead atoms. The van der Waals surface area contributed by atoms with Gasteiger partial charge in [0.15, 0.2) is 5.82 Å². The van der Waals surface area contributed by atoms with Crippen molar-refractivity contribution in [1.29, 1.82) is 0 Å². The van der Waals surface area contributed by atoms with Crippen molar-refractivity contribution in [2.75, 3.05) is 11.8 Å². The van der Waals surface area contributed by atoms with E-state index >= 15 is 0 Å². The number of aromatic nitrogens is 5. The van der Waals surface area contributed by atoms with Crippen LogP contribution in [0.2, 0.25) is 0 Å². The van der Waals surface area contributed by atoms with Gasteiger partial charge in [-0.2, -0.15) is 10.2 Å². The number of anilines is 1. The molecule has 0 atom stereocenters. The SMILES string of the molecule is COC(C)(C)c1ccnc(-n2cc(S(=O)(=O)Nc3cccc4cnn(C)c34)cn2)c1. The van der Waals surface area contributed by atoms with E-state index in [1.165, 1.54) is 17.1 Å². The molecule has 10 heteroatoms. The van der Waals surface area contributed by atoms with Gasteiger partial charge in [0.2, 0.25) is 0 Å². The summed E-state index contributed by atoms with van der Waals surface area (Å²) < 4.78 is 37.1. The van der Waals surface area contributed by atoms with E-state index in [-0.39, 0.29) is 4.90 Å². The molecule has 4 rings (SSSR count). The van der Waals surface area contributed by atoms with E-state index in [0.717, 1.165) is 10.9 Å². The average Bonchev–Trinajstić information content (AvgIpc) is 3.36. The summed E-state index contributed by atoms with van der Waals surface area (Å²) in [5, 5.41) is 9.22. The van der Waals surface area contributed by atoms with Gasteiger partial charge in [-0.25, -0.2) is 18.1 Å². The molecular formula is C20H22N6O3S. The highest BCUT2D eigenvalue weighted by Gasteiger charge is 2.22. The average molecular weight is 427 g/mol. The molecule has 30 heavy (non-hydrogen) atoms. The molecule has 156 valence electrons. The van der Waals surface area contributed by atoms with Gasteiger partial charge < -0.3 is 4.74 Å². The van der Waals surface area contributed by atoms with Crippen LogP contribution in [0.4, 0.5) is 5.69 Å². The third kappa shape index (κ3) is 3.55. The van der Waals surface area contributed by atoms with Crippen LogP contribution in [-0.4, -0.2) is 40.1 Å². The van der Waals surface area contributed by atoms with Crippen molar-refractivity contribution in [2.24, 2.45) is 7.05 Å². The second-order valence-electron chi connectivity index (χ2n) is 7.35. The van der Waals surface area contributed by atoms with Gasteiger partial charge in [0.1, 0.15) is 4.90 Å². The van der Waals surface area contributed by atoms with Crippen molar-refractivity contribution >= 4 is 26.6 Å². The molecule has 0 radical (unpaired) electrons. The van der Waals surface area contributed by atoms with E-state index in [1.807, 2.05) is 32.0 Å². The smallest absolute Gasteiger partial charge is 0.265 e. The van der Waals surface area contributed by atoms with Gasteiger partial charge in [-0.05, 0) is 37.6 Å². The Morgan fingerprint density at radius 1 is 1.13 bits per heavy atom. The van der Waals surface area contributed by atoms with E-state index in [0.29, 0.717) is 17.0 Å². The zero-order chi connectivity index (χ0) is 21.5. The molecule has 9 nitrogen and oxygen atoms in total. The van der Waals surface area contributed by atoms with E-state index in [2.05, 4.69) is 19.9 Å². The normalized spacial score (nSPS) is 12.4. The lowest BCUT2D eigenvalue weighted by molar-refractivity contribution is 0.0191. The lowest BCUT2D eigenvalue weighted by Gasteiger charge is -2.23. The molecule has 0 fully saturated rings. The molecule has 4 aromatic rings. The zero-order valence-corrected chi connectivity index (χ0v) is 17.9. The Morgan fingerprint density at radius 3 is 2.70 bits per heavy atom. The summed E-state index contributed by atoms with van der Waals surface area (Å²) in [7, 11) is -0.462. The molecule has 0 amide bonds. The maximum atomic E-state index is 13.0. The van der Waals surface area contributed by atoms with Gasteiger partial charge in [0.05, 0.1) is 35.4 Å². The Bertz CT molecular complexity index is 1320. The van der Waals surface area contributed by atoms with E-state index in [1.54, 1.807) is 43.4 Å². The Morgan fingerprint density at radius 2 is 1.93 bits per heavy atom. The first-order chi connectivity index (χ1) is 14.2. The quantitative estimate of drug-likeness (QED) is 0.508. The Labute approximate surface area is 174 Å². The summed E-state index contributed by atoms with van der Waals surface area (Å²) >= 11 is 0. The van der Waals surface area contributed by atoms with Crippen molar-refractivity contribution in [1.82, 2.24) is 24.5 Å². The second kappa shape index (κ2) is 7.22. The summed E-state index contributed by atoms with van der Waals surface area (Å²) in [6.07, 6.45) is 6.05. The third-order valence-corrected chi connectivity index (χ3v) is 6.38. The van der Waals surface area contributed by atoms with Gasteiger partial charge >= 0.3 is 0 Å². The first-order valence-electron chi connectivity index (χ1n) is 9.21. The number of nitrogens with one attached hydrogen (secondary N) is 1. The number of hydrogen-bond donors (Lipinski definition) is 1. The maximum Gasteiger partial charge on any atom is 0.265 e. The van der Waals surface area contributed by atoms with Crippen molar-refractivity contribution in [3.63, 3.8) is 0 Å².